The Kier molecular flexibility index (Phi) is 26.9. The number of pyridine rings is 4. The number of rotatable bonds is 17. The quantitative estimate of drug-likeness (QED) is 0.0382. The molecule has 0 aliphatic carbocycles. The van der Waals surface area contributed by atoms with Crippen LogP contribution < -0.4 is 72.2 Å². The van der Waals surface area contributed by atoms with Crippen molar-refractivity contribution in [1.82, 2.24) is 98.0 Å². The maximum absolute atomic E-state index is 14.7. The van der Waals surface area contributed by atoms with Gasteiger partial charge in [-0.3, -0.25) is 52.4 Å². The van der Waals surface area contributed by atoms with Gasteiger partial charge < -0.3 is 49.9 Å². The molecule has 0 aliphatic heterocycles. The first-order chi connectivity index (χ1) is 62.7. The van der Waals surface area contributed by atoms with Crippen LogP contribution in [-0.2, 0) is 0 Å². The molecule has 0 saturated heterocycles. The minimum atomic E-state index is -0.722. The Hall–Kier alpha value is -17.4. The van der Waals surface area contributed by atoms with Crippen LogP contribution >= 0.6 is 34.8 Å². The average Bonchev–Trinajstić information content (AvgIpc) is 0.756. The van der Waals surface area contributed by atoms with E-state index >= 15 is 0 Å². The van der Waals surface area contributed by atoms with Gasteiger partial charge in [0.2, 0.25) is 5.95 Å². The van der Waals surface area contributed by atoms with Crippen LogP contribution in [0.5, 0.6) is 0 Å². The van der Waals surface area contributed by atoms with E-state index in [0.29, 0.717) is 52.3 Å². The van der Waals surface area contributed by atoms with Gasteiger partial charge in [-0.15, -0.1) is 0 Å². The summed E-state index contributed by atoms with van der Waals surface area (Å²) < 4.78 is 62.6. The summed E-state index contributed by atoms with van der Waals surface area (Å²) in [6.45, 7) is 13.5. The molecule has 131 heavy (non-hydrogen) atoms. The molecule has 0 saturated carbocycles. The molecule has 0 unspecified atom stereocenters. The highest BCUT2D eigenvalue weighted by Crippen LogP contribution is 2.35. The highest BCUT2D eigenvalue weighted by molar-refractivity contribution is 6.36. The fraction of sp³-hybridized carbons (Fsp3) is 0.151. The predicted molar refractivity (Wildman–Crippen MR) is 481 cm³/mol. The van der Waals surface area contributed by atoms with E-state index in [2.05, 4.69) is 101 Å². The molecule has 0 spiro atoms. The lowest BCUT2D eigenvalue weighted by molar-refractivity contribution is 0.624. The zero-order chi connectivity index (χ0) is 94.2. The van der Waals surface area contributed by atoms with Gasteiger partial charge in [0.25, 0.3) is 22.2 Å². The van der Waals surface area contributed by atoms with Gasteiger partial charge in [-0.2, -0.15) is 31.3 Å². The molecule has 0 radical (unpaired) electrons. The Morgan fingerprint density at radius 1 is 0.405 bits per heavy atom. The number of nitrogens with one attached hydrogen (secondary N) is 4. The second kappa shape index (κ2) is 38.6. The fourth-order valence-electron chi connectivity index (χ4n) is 13.7. The van der Waals surface area contributed by atoms with E-state index in [0.717, 1.165) is 36.4 Å². The van der Waals surface area contributed by atoms with E-state index in [4.69, 9.17) is 63.5 Å². The Morgan fingerprint density at radius 3 is 1.19 bits per heavy atom. The second-order valence-corrected chi connectivity index (χ2v) is 29.7. The lowest BCUT2D eigenvalue weighted by Crippen LogP contribution is -2.29. The minimum Gasteiger partial charge on any atom is -0.384 e. The van der Waals surface area contributed by atoms with Crippen molar-refractivity contribution in [3.8, 4) is 53.1 Å². The maximum atomic E-state index is 14.7. The summed E-state index contributed by atoms with van der Waals surface area (Å²) in [6, 6.07) is 29.3. The monoisotopic (exact) mass is 1820 g/mol. The van der Waals surface area contributed by atoms with Crippen molar-refractivity contribution in [3.05, 3.63) is 294 Å². The smallest absolute Gasteiger partial charge is 0.267 e. The van der Waals surface area contributed by atoms with E-state index < -0.39 is 69.7 Å². The van der Waals surface area contributed by atoms with Crippen LogP contribution in [0.1, 0.15) is 133 Å². The Morgan fingerprint density at radius 2 is 0.786 bits per heavy atom. The number of hydrogen-bond donors (Lipinski definition) is 9. The highest BCUT2D eigenvalue weighted by atomic mass is 35.5. The van der Waals surface area contributed by atoms with Crippen molar-refractivity contribution in [2.75, 3.05) is 49.9 Å². The number of nitrogens with zero attached hydrogens (tertiary/aromatic N) is 25. The summed E-state index contributed by atoms with van der Waals surface area (Å²) >= 11 is 18.7. The molecule has 654 valence electrons. The number of nitrogens with two attached hydrogens (primary N) is 5. The molecule has 12 heterocycles. The van der Waals surface area contributed by atoms with Gasteiger partial charge in [0.15, 0.2) is 17.5 Å². The van der Waals surface area contributed by atoms with Crippen LogP contribution in [-0.4, -0.2) is 98.0 Å². The molecule has 12 aromatic heterocycles. The topological polar surface area (TPSA) is 591 Å². The molecule has 0 amide bonds. The van der Waals surface area contributed by atoms with Crippen LogP contribution in [0, 0.1) is 108 Å². The number of anilines is 9. The number of aromatic nitrogens is 20. The summed E-state index contributed by atoms with van der Waals surface area (Å²) in [4.78, 5) is 121. The summed E-state index contributed by atoms with van der Waals surface area (Å²) in [7, 11) is 0. The zero-order valence-corrected chi connectivity index (χ0v) is 71.9. The van der Waals surface area contributed by atoms with E-state index in [-0.39, 0.29) is 162 Å². The SMILES string of the molecule is CC[C@H](Nc1nc(C)nc(N)c1C#N)c1nc2c(F)ccc(Cl)c2c(=O)n1-c1cccnc1.Cc1nc(N)c(C#N)c(N[C@@H](C)c2nc3c(Cl)cc(F)cc3c(=O)n2-c2ccc(N)nc2)n1.Cc1nc(N)c(C#N)c(N[C@H](C)c2nc3c(F)ccc(Cl)c3c(=O)n2-c2cccnc2)n1.Cc1nc(N)nc(N[C@@H](C)c2nc3c(C#N)cc(F)cc3c(=O)n2-c2cccnc2)c1C#N. The largest absolute Gasteiger partial charge is 0.384 e. The summed E-state index contributed by atoms with van der Waals surface area (Å²) in [5.41, 5.74) is 28.9. The third kappa shape index (κ3) is 18.8. The molecular formula is C86H67Cl3F4N34O4. The molecule has 16 rings (SSSR count). The molecule has 16 aromatic rings. The summed E-state index contributed by atoms with van der Waals surface area (Å²) in [5.74, 6) is 0.0698. The number of nitrogen functional groups attached to an aromatic ring is 5. The second-order valence-electron chi connectivity index (χ2n) is 28.4. The molecule has 0 bridgehead atoms. The van der Waals surface area contributed by atoms with Crippen LogP contribution in [0.4, 0.5) is 70.1 Å². The number of halogens is 7. The lowest BCUT2D eigenvalue weighted by Gasteiger charge is -2.23. The van der Waals surface area contributed by atoms with Gasteiger partial charge in [0, 0.05) is 18.6 Å². The molecule has 14 N–H and O–H groups in total. The van der Waals surface area contributed by atoms with Gasteiger partial charge in [-0.1, -0.05) is 41.7 Å². The summed E-state index contributed by atoms with van der Waals surface area (Å²) in [6.07, 6.45) is 10.9. The Balaban J connectivity index is 0.000000149. The van der Waals surface area contributed by atoms with Crippen LogP contribution in [0.25, 0.3) is 66.4 Å². The van der Waals surface area contributed by atoms with E-state index in [1.807, 2.05) is 37.3 Å². The van der Waals surface area contributed by atoms with Gasteiger partial charge in [0.1, 0.15) is 157 Å². The standard InChI is InChI=1S/C22H18ClFN8O.C22H16FN9O.C21H17ClFN9O.C21H16ClFN8O/c1-3-16(30-20-13(9-25)19(26)28-11(2)29-20)21-31-18-15(24)7-6-14(23)17(18)22(33)32(21)12-5-4-8-27-10-12;1-11-17(9-25)19(31-22(26)29-11)28-12(2)20-30-18-13(8-24)6-14(23)7-16(18)21(33)32(20)15-4-3-5-27-10-15;1-9(28-19-14(7-24)18(26)29-10(2)30-19)20-31-17-13(5-11(23)6-15(17)22)21(33)32(20)12-3-4-16(25)27-8-12;1-10(27-19-13(8-24)18(25)28-11(2)29-19)20-30-17-15(23)6-5-14(22)16(17)21(32)31(20)12-4-3-7-26-9-12/h4-8,10,16H,3H2,1-2H3,(H3,26,28,29,30);3-7,10,12H,1-2H3,(H3,26,28,29,31);3-6,8-9H,1-2H3,(H2,25,27)(H3,26,28,29,30);3-7,9-10H,1-2H3,(H3,25,27,28,29)/t16-;12-;9-;10-/m0001/s1. The van der Waals surface area contributed by atoms with E-state index in [1.54, 1.807) is 110 Å². The van der Waals surface area contributed by atoms with Crippen molar-refractivity contribution < 1.29 is 17.6 Å². The molecule has 4 atom stereocenters. The van der Waals surface area contributed by atoms with Gasteiger partial charge in [-0.25, -0.2) is 77.4 Å². The van der Waals surface area contributed by atoms with Crippen LogP contribution in [0.3, 0.4) is 0 Å². The zero-order valence-electron chi connectivity index (χ0n) is 69.6. The minimum absolute atomic E-state index is 0.00684. The number of aryl methyl sites for hydroxylation is 4. The summed E-state index contributed by atoms with van der Waals surface area (Å²) in [5, 5.41) is 59.8. The molecule has 38 nitrogen and oxygen atoms in total. The van der Waals surface area contributed by atoms with Crippen molar-refractivity contribution in [2.45, 2.75) is 86.0 Å². The van der Waals surface area contributed by atoms with Crippen molar-refractivity contribution in [3.63, 3.8) is 0 Å². The van der Waals surface area contributed by atoms with Crippen LogP contribution in [0.15, 0.2) is 160 Å². The molecule has 0 aliphatic rings. The number of nitriles is 5. The average molecular weight is 1820 g/mol. The first-order valence-electron chi connectivity index (χ1n) is 38.8. The normalized spacial score (nSPS) is 11.8. The van der Waals surface area contributed by atoms with E-state index in [9.17, 15) is 63.0 Å². The molecule has 0 fully saturated rings. The maximum Gasteiger partial charge on any atom is 0.267 e. The van der Waals surface area contributed by atoms with E-state index in [1.165, 1.54) is 61.3 Å². The molecular weight excluding hydrogens is 1760 g/mol. The third-order valence-corrected chi connectivity index (χ3v) is 20.5. The van der Waals surface area contributed by atoms with Gasteiger partial charge >= 0.3 is 0 Å². The lowest BCUT2D eigenvalue weighted by atomic mass is 10.1. The Labute approximate surface area is 752 Å². The first-order valence-corrected chi connectivity index (χ1v) is 39.9. The Bertz CT molecular complexity index is 7760. The van der Waals surface area contributed by atoms with Crippen molar-refractivity contribution in [2.24, 2.45) is 0 Å². The van der Waals surface area contributed by atoms with Crippen molar-refractivity contribution in [1.29, 1.82) is 26.3 Å². The van der Waals surface area contributed by atoms with Crippen molar-refractivity contribution >= 4 is 131 Å². The number of benzene rings is 4. The van der Waals surface area contributed by atoms with Gasteiger partial charge in [0.05, 0.1) is 131 Å². The fourth-order valence-corrected chi connectivity index (χ4v) is 14.4. The molecule has 4 aromatic carbocycles. The number of hydrogen-bond acceptors (Lipinski definition) is 34. The highest BCUT2D eigenvalue weighted by Gasteiger charge is 2.30. The predicted octanol–water partition coefficient (Wildman–Crippen LogP) is 12.4. The molecule has 45 heteroatoms. The first kappa shape index (κ1) is 91.3. The third-order valence-electron chi connectivity index (χ3n) is 19.6. The van der Waals surface area contributed by atoms with Gasteiger partial charge in [-0.05, 0) is 152 Å². The number of fused-ring (bicyclic) bond motifs is 4. The van der Waals surface area contributed by atoms with Crippen LogP contribution in [0.2, 0.25) is 15.1 Å².